The summed E-state index contributed by atoms with van der Waals surface area (Å²) in [7, 11) is 2.06. The molecule has 6 nitrogen and oxygen atoms in total. The van der Waals surface area contributed by atoms with E-state index in [4.69, 9.17) is 0 Å². The molecule has 0 bridgehead atoms. The van der Waals surface area contributed by atoms with Gasteiger partial charge in [-0.15, -0.1) is 0 Å². The first-order chi connectivity index (χ1) is 9.80. The molecule has 21 heavy (non-hydrogen) atoms. The van der Waals surface area contributed by atoms with Crippen LogP contribution in [0.15, 0.2) is 0 Å². The van der Waals surface area contributed by atoms with Crippen molar-refractivity contribution < 1.29 is 14.7 Å². The van der Waals surface area contributed by atoms with E-state index in [1.165, 1.54) is 0 Å². The quantitative estimate of drug-likeness (QED) is 0.781. The number of rotatable bonds is 6. The molecule has 1 heterocycles. The van der Waals surface area contributed by atoms with Crippen molar-refractivity contribution in [3.63, 3.8) is 0 Å². The van der Waals surface area contributed by atoms with Gasteiger partial charge in [-0.25, -0.2) is 4.79 Å². The second-order valence-electron chi connectivity index (χ2n) is 6.32. The van der Waals surface area contributed by atoms with Crippen LogP contribution < -0.4 is 5.32 Å². The number of amides is 2. The maximum Gasteiger partial charge on any atom is 0.317 e. The Hall–Kier alpha value is -1.30. The number of hydrogen-bond acceptors (Lipinski definition) is 3. The Labute approximate surface area is 127 Å². The van der Waals surface area contributed by atoms with Gasteiger partial charge in [0.2, 0.25) is 0 Å². The molecule has 1 saturated heterocycles. The number of urea groups is 1. The summed E-state index contributed by atoms with van der Waals surface area (Å²) in [5, 5.41) is 12.1. The maximum atomic E-state index is 12.0. The highest BCUT2D eigenvalue weighted by atomic mass is 16.4. The SMILES string of the molecule is CCC(C)N(C)CCNC(=O)N1CCC(C)(C(=O)O)CC1. The van der Waals surface area contributed by atoms with E-state index in [1.54, 1.807) is 11.8 Å². The average molecular weight is 299 g/mol. The van der Waals surface area contributed by atoms with Gasteiger partial charge < -0.3 is 20.2 Å². The third-order valence-electron chi connectivity index (χ3n) is 4.75. The van der Waals surface area contributed by atoms with Gasteiger partial charge in [0.05, 0.1) is 5.41 Å². The monoisotopic (exact) mass is 299 g/mol. The first-order valence-corrected chi connectivity index (χ1v) is 7.76. The summed E-state index contributed by atoms with van der Waals surface area (Å²) in [5.41, 5.74) is -0.687. The molecule has 1 unspecified atom stereocenters. The van der Waals surface area contributed by atoms with Crippen LogP contribution in [0.3, 0.4) is 0 Å². The molecule has 1 rings (SSSR count). The Morgan fingerprint density at radius 1 is 1.38 bits per heavy atom. The lowest BCUT2D eigenvalue weighted by Crippen LogP contribution is -2.49. The van der Waals surface area contributed by atoms with Crippen molar-refractivity contribution >= 4 is 12.0 Å². The Balaban J connectivity index is 2.30. The minimum absolute atomic E-state index is 0.0833. The molecular formula is C15H29N3O3. The van der Waals surface area contributed by atoms with Crippen molar-refractivity contribution in [3.05, 3.63) is 0 Å². The minimum atomic E-state index is -0.766. The van der Waals surface area contributed by atoms with Gasteiger partial charge in [0.15, 0.2) is 0 Å². The number of hydrogen-bond donors (Lipinski definition) is 2. The number of carbonyl (C=O) groups is 2. The van der Waals surface area contributed by atoms with E-state index in [1.807, 2.05) is 0 Å². The third-order valence-corrected chi connectivity index (χ3v) is 4.75. The second kappa shape index (κ2) is 7.64. The maximum absolute atomic E-state index is 12.0. The highest BCUT2D eigenvalue weighted by Crippen LogP contribution is 2.30. The molecule has 0 radical (unpaired) electrons. The van der Waals surface area contributed by atoms with Crippen LogP contribution in [0, 0.1) is 5.41 Å². The normalized spacial score (nSPS) is 19.4. The van der Waals surface area contributed by atoms with Crippen LogP contribution in [0.5, 0.6) is 0 Å². The zero-order valence-corrected chi connectivity index (χ0v) is 13.7. The van der Waals surface area contributed by atoms with Crippen LogP contribution in [-0.2, 0) is 4.79 Å². The van der Waals surface area contributed by atoms with E-state index in [9.17, 15) is 14.7 Å². The largest absolute Gasteiger partial charge is 0.481 e. The summed E-state index contributed by atoms with van der Waals surface area (Å²) >= 11 is 0. The summed E-state index contributed by atoms with van der Waals surface area (Å²) in [4.78, 5) is 27.2. The van der Waals surface area contributed by atoms with Crippen LogP contribution in [-0.4, -0.2) is 66.2 Å². The minimum Gasteiger partial charge on any atom is -0.481 e. The van der Waals surface area contributed by atoms with Crippen LogP contribution in [0.25, 0.3) is 0 Å². The van der Waals surface area contributed by atoms with E-state index < -0.39 is 11.4 Å². The van der Waals surface area contributed by atoms with Crippen molar-refractivity contribution in [2.24, 2.45) is 5.41 Å². The molecule has 2 amide bonds. The van der Waals surface area contributed by atoms with Crippen molar-refractivity contribution in [3.8, 4) is 0 Å². The summed E-state index contributed by atoms with van der Waals surface area (Å²) in [6.45, 7) is 8.53. The fourth-order valence-corrected chi connectivity index (χ4v) is 2.40. The van der Waals surface area contributed by atoms with Gasteiger partial charge in [0.1, 0.15) is 0 Å². The standard InChI is InChI=1S/C15H29N3O3/c1-5-12(2)17(4)11-8-16-14(21)18-9-6-15(3,7-10-18)13(19)20/h12H,5-11H2,1-4H3,(H,16,21)(H,19,20). The number of aliphatic carboxylic acids is 1. The molecule has 1 aliphatic rings. The van der Waals surface area contributed by atoms with Crippen molar-refractivity contribution in [2.45, 2.75) is 46.1 Å². The predicted molar refractivity (Wildman–Crippen MR) is 82.3 cm³/mol. The van der Waals surface area contributed by atoms with Gasteiger partial charge in [-0.05, 0) is 40.2 Å². The fourth-order valence-electron chi connectivity index (χ4n) is 2.40. The zero-order valence-electron chi connectivity index (χ0n) is 13.7. The highest BCUT2D eigenvalue weighted by Gasteiger charge is 2.37. The van der Waals surface area contributed by atoms with Crippen molar-refractivity contribution in [1.29, 1.82) is 0 Å². The zero-order chi connectivity index (χ0) is 16.0. The van der Waals surface area contributed by atoms with Gasteiger partial charge in [0.25, 0.3) is 0 Å². The number of likely N-dealkylation sites (N-methyl/N-ethyl adjacent to an activating group) is 1. The smallest absolute Gasteiger partial charge is 0.317 e. The molecule has 1 aliphatic heterocycles. The number of nitrogens with one attached hydrogen (secondary N) is 1. The lowest BCUT2D eigenvalue weighted by Gasteiger charge is -2.36. The summed E-state index contributed by atoms with van der Waals surface area (Å²) in [6, 6.07) is 0.424. The molecule has 0 aromatic heterocycles. The van der Waals surface area contributed by atoms with Gasteiger partial charge in [-0.1, -0.05) is 6.92 Å². The molecule has 0 aliphatic carbocycles. The number of piperidine rings is 1. The summed E-state index contributed by atoms with van der Waals surface area (Å²) in [6.07, 6.45) is 2.12. The Bertz CT molecular complexity index is 365. The van der Waals surface area contributed by atoms with Crippen molar-refractivity contribution in [1.82, 2.24) is 15.1 Å². The molecule has 2 N–H and O–H groups in total. The van der Waals surface area contributed by atoms with E-state index in [0.29, 0.717) is 38.5 Å². The molecule has 1 atom stereocenters. The molecular weight excluding hydrogens is 270 g/mol. The van der Waals surface area contributed by atoms with Gasteiger partial charge in [-0.3, -0.25) is 4.79 Å². The fraction of sp³-hybridized carbons (Fsp3) is 0.867. The Morgan fingerprint density at radius 3 is 2.43 bits per heavy atom. The van der Waals surface area contributed by atoms with Gasteiger partial charge in [0, 0.05) is 32.2 Å². The Kier molecular flexibility index (Phi) is 6.45. The molecule has 1 fully saturated rings. The lowest BCUT2D eigenvalue weighted by molar-refractivity contribution is -0.150. The lowest BCUT2D eigenvalue weighted by atomic mass is 9.80. The number of likely N-dealkylation sites (tertiary alicyclic amines) is 1. The van der Waals surface area contributed by atoms with Gasteiger partial charge >= 0.3 is 12.0 Å². The number of carboxylic acids is 1. The molecule has 0 aromatic carbocycles. The third kappa shape index (κ3) is 4.88. The average Bonchev–Trinajstić information content (AvgIpc) is 2.46. The Morgan fingerprint density at radius 2 is 1.95 bits per heavy atom. The predicted octanol–water partition coefficient (Wildman–Crippen LogP) is 1.61. The molecule has 6 heteroatoms. The van der Waals surface area contributed by atoms with Crippen molar-refractivity contribution in [2.75, 3.05) is 33.2 Å². The van der Waals surface area contributed by atoms with E-state index >= 15 is 0 Å². The number of nitrogens with zero attached hydrogens (tertiary/aromatic N) is 2. The van der Waals surface area contributed by atoms with Crippen LogP contribution in [0.2, 0.25) is 0 Å². The first kappa shape index (κ1) is 17.8. The van der Waals surface area contributed by atoms with E-state index in [0.717, 1.165) is 13.0 Å². The topological polar surface area (TPSA) is 72.9 Å². The van der Waals surface area contributed by atoms with E-state index in [-0.39, 0.29) is 6.03 Å². The van der Waals surface area contributed by atoms with Gasteiger partial charge in [-0.2, -0.15) is 0 Å². The molecule has 0 spiro atoms. The van der Waals surface area contributed by atoms with Crippen LogP contribution in [0.4, 0.5) is 4.79 Å². The molecule has 122 valence electrons. The second-order valence-corrected chi connectivity index (χ2v) is 6.32. The highest BCUT2D eigenvalue weighted by molar-refractivity contribution is 5.76. The van der Waals surface area contributed by atoms with E-state index in [2.05, 4.69) is 31.1 Å². The summed E-state index contributed by atoms with van der Waals surface area (Å²) in [5.74, 6) is -0.766. The number of carbonyl (C=O) groups excluding carboxylic acids is 1. The molecule has 0 aromatic rings. The molecule has 0 saturated carbocycles. The van der Waals surface area contributed by atoms with Crippen LogP contribution >= 0.6 is 0 Å². The first-order valence-electron chi connectivity index (χ1n) is 7.76. The number of carboxylic acid groups (broad SMARTS) is 1. The summed E-state index contributed by atoms with van der Waals surface area (Å²) < 4.78 is 0. The van der Waals surface area contributed by atoms with Crippen LogP contribution in [0.1, 0.15) is 40.0 Å².